The number of rotatable bonds is 1. The van der Waals surface area contributed by atoms with Crippen LogP contribution in [0.2, 0.25) is 0 Å². The molecule has 21 heavy (non-hydrogen) atoms. The number of hydrogen-bond acceptors (Lipinski definition) is 3. The number of nitrogen functional groups attached to an aromatic ring is 1. The summed E-state index contributed by atoms with van der Waals surface area (Å²) in [6, 6.07) is 12.5. The van der Waals surface area contributed by atoms with Gasteiger partial charge in [-0.25, -0.2) is 4.99 Å². The number of benzene rings is 2. The lowest BCUT2D eigenvalue weighted by Crippen LogP contribution is -2.20. The number of anilines is 3. The Bertz CT molecular complexity index is 736. The summed E-state index contributed by atoms with van der Waals surface area (Å²) >= 11 is 0. The molecule has 1 aliphatic heterocycles. The third-order valence-electron chi connectivity index (χ3n) is 4.68. The molecule has 2 aromatic rings. The molecule has 1 fully saturated rings. The highest BCUT2D eigenvalue weighted by molar-refractivity contribution is 5.76. The van der Waals surface area contributed by atoms with Crippen molar-refractivity contribution in [1.29, 1.82) is 0 Å². The molecule has 5 N–H and O–H groups in total. The smallest absolute Gasteiger partial charge is 0.0860 e. The van der Waals surface area contributed by atoms with E-state index in [4.69, 9.17) is 11.5 Å². The first-order valence-corrected chi connectivity index (χ1v) is 7.31. The van der Waals surface area contributed by atoms with Gasteiger partial charge in [0, 0.05) is 17.1 Å². The van der Waals surface area contributed by atoms with E-state index < -0.39 is 0 Å². The Balaban J connectivity index is 1.87. The minimum absolute atomic E-state index is 0.591. The highest BCUT2D eigenvalue weighted by Gasteiger charge is 2.38. The molecule has 2 aromatic carbocycles. The van der Waals surface area contributed by atoms with E-state index in [1.165, 1.54) is 30.3 Å². The Morgan fingerprint density at radius 2 is 1.67 bits per heavy atom. The molecule has 4 rings (SSSR count). The molecule has 1 unspecified atom stereocenters. The second-order valence-corrected chi connectivity index (χ2v) is 5.81. The molecule has 0 bridgehead atoms. The molecule has 2 atom stereocenters. The summed E-state index contributed by atoms with van der Waals surface area (Å²) in [4.78, 5) is 4.17. The van der Waals surface area contributed by atoms with Crippen molar-refractivity contribution in [1.82, 2.24) is 0 Å². The van der Waals surface area contributed by atoms with Gasteiger partial charge < -0.3 is 16.8 Å². The Kier molecular flexibility index (Phi) is 2.64. The van der Waals surface area contributed by atoms with Gasteiger partial charge in [-0.15, -0.1) is 0 Å². The third-order valence-corrected chi connectivity index (χ3v) is 4.68. The van der Waals surface area contributed by atoms with E-state index in [9.17, 15) is 0 Å². The fourth-order valence-corrected chi connectivity index (χ4v) is 3.54. The van der Waals surface area contributed by atoms with Gasteiger partial charge in [-0.1, -0.05) is 12.1 Å². The summed E-state index contributed by atoms with van der Waals surface area (Å²) in [5.74, 6) is 1.19. The average molecular weight is 278 g/mol. The van der Waals surface area contributed by atoms with Crippen molar-refractivity contribution in [3.63, 3.8) is 0 Å². The number of fused-ring (bicyclic) bond motifs is 5. The molecule has 0 amide bonds. The molecular weight excluding hydrogens is 260 g/mol. The van der Waals surface area contributed by atoms with Crippen LogP contribution in [0.4, 0.5) is 22.7 Å². The van der Waals surface area contributed by atoms with Gasteiger partial charge in [0.05, 0.1) is 12.0 Å². The molecule has 0 spiro atoms. The molecule has 106 valence electrons. The Hall–Kier alpha value is -2.49. The zero-order valence-electron chi connectivity index (χ0n) is 11.7. The van der Waals surface area contributed by atoms with E-state index in [1.54, 1.807) is 0 Å². The monoisotopic (exact) mass is 278 g/mol. The Labute approximate surface area is 123 Å². The van der Waals surface area contributed by atoms with E-state index in [0.29, 0.717) is 11.8 Å². The third kappa shape index (κ3) is 1.87. The van der Waals surface area contributed by atoms with Crippen molar-refractivity contribution in [2.75, 3.05) is 11.1 Å². The molecule has 2 aliphatic rings. The van der Waals surface area contributed by atoms with Crippen molar-refractivity contribution in [3.8, 4) is 0 Å². The molecule has 4 heteroatoms. The van der Waals surface area contributed by atoms with Crippen LogP contribution in [-0.4, -0.2) is 6.34 Å². The van der Waals surface area contributed by atoms with Gasteiger partial charge in [-0.3, -0.25) is 0 Å². The molecular formula is C17H18N4. The zero-order chi connectivity index (χ0) is 14.4. The molecule has 0 saturated heterocycles. The summed E-state index contributed by atoms with van der Waals surface area (Å²) in [5, 5.41) is 3.55. The number of nitrogens with two attached hydrogens (primary N) is 2. The first kappa shape index (κ1) is 12.3. The van der Waals surface area contributed by atoms with E-state index in [1.807, 2.05) is 18.2 Å². The second kappa shape index (κ2) is 4.52. The molecule has 1 aliphatic carbocycles. The zero-order valence-corrected chi connectivity index (χ0v) is 11.7. The average Bonchev–Trinajstić information content (AvgIpc) is 2.51. The van der Waals surface area contributed by atoms with E-state index >= 15 is 0 Å². The van der Waals surface area contributed by atoms with Gasteiger partial charge in [0.15, 0.2) is 0 Å². The predicted octanol–water partition coefficient (Wildman–Crippen LogP) is 3.61. The molecule has 0 aromatic heterocycles. The number of nitrogens with zero attached hydrogens (tertiary/aromatic N) is 1. The first-order chi connectivity index (χ1) is 10.3. The summed E-state index contributed by atoms with van der Waals surface area (Å²) in [6.07, 6.45) is 3.81. The minimum atomic E-state index is 0.591. The molecule has 1 saturated carbocycles. The maximum Gasteiger partial charge on any atom is 0.0860 e. The lowest BCUT2D eigenvalue weighted by molar-refractivity contribution is 0.350. The second-order valence-electron chi connectivity index (χ2n) is 5.81. The van der Waals surface area contributed by atoms with Crippen LogP contribution in [0.1, 0.15) is 35.8 Å². The highest BCUT2D eigenvalue weighted by atomic mass is 14.9. The SMILES string of the molecule is NC=Nc1ccc2c(c1)Nc1cc(N)ccc1[C@H]1CCC21. The lowest BCUT2D eigenvalue weighted by Gasteiger charge is -2.36. The molecule has 0 radical (unpaired) electrons. The van der Waals surface area contributed by atoms with Crippen LogP contribution in [0.5, 0.6) is 0 Å². The Morgan fingerprint density at radius 1 is 1.00 bits per heavy atom. The van der Waals surface area contributed by atoms with Gasteiger partial charge in [0.25, 0.3) is 0 Å². The summed E-state index contributed by atoms with van der Waals surface area (Å²) in [7, 11) is 0. The lowest BCUT2D eigenvalue weighted by atomic mass is 9.67. The number of nitrogens with one attached hydrogen (secondary N) is 1. The van der Waals surface area contributed by atoms with Crippen LogP contribution in [0.15, 0.2) is 41.4 Å². The van der Waals surface area contributed by atoms with Gasteiger partial charge >= 0.3 is 0 Å². The normalized spacial score (nSPS) is 22.5. The first-order valence-electron chi connectivity index (χ1n) is 7.31. The fourth-order valence-electron chi connectivity index (χ4n) is 3.54. The van der Waals surface area contributed by atoms with Crippen LogP contribution in [-0.2, 0) is 0 Å². The fraction of sp³-hybridized carbons (Fsp3) is 0.235. The highest BCUT2D eigenvalue weighted by Crippen LogP contribution is 2.55. The predicted molar refractivity (Wildman–Crippen MR) is 87.6 cm³/mol. The number of aliphatic imine (C=N–C) groups is 1. The largest absolute Gasteiger partial charge is 0.399 e. The van der Waals surface area contributed by atoms with Gasteiger partial charge in [0.2, 0.25) is 0 Å². The van der Waals surface area contributed by atoms with Gasteiger partial charge in [0.1, 0.15) is 0 Å². The van der Waals surface area contributed by atoms with E-state index in [2.05, 4.69) is 28.5 Å². The summed E-state index contributed by atoms with van der Waals surface area (Å²) < 4.78 is 0. The quantitative estimate of drug-likeness (QED) is 0.424. The van der Waals surface area contributed by atoms with Crippen molar-refractivity contribution in [3.05, 3.63) is 47.5 Å². The summed E-state index contributed by atoms with van der Waals surface area (Å²) in [6.45, 7) is 0. The Morgan fingerprint density at radius 3 is 2.33 bits per heavy atom. The van der Waals surface area contributed by atoms with Crippen LogP contribution >= 0.6 is 0 Å². The van der Waals surface area contributed by atoms with Crippen molar-refractivity contribution in [2.45, 2.75) is 24.7 Å². The van der Waals surface area contributed by atoms with E-state index in [0.717, 1.165) is 22.7 Å². The maximum absolute atomic E-state index is 5.95. The topological polar surface area (TPSA) is 76.4 Å². The van der Waals surface area contributed by atoms with Gasteiger partial charge in [-0.2, -0.15) is 0 Å². The van der Waals surface area contributed by atoms with Crippen LogP contribution in [0, 0.1) is 0 Å². The molecule has 4 nitrogen and oxygen atoms in total. The van der Waals surface area contributed by atoms with Crippen LogP contribution in [0.3, 0.4) is 0 Å². The number of hydrogen-bond donors (Lipinski definition) is 3. The van der Waals surface area contributed by atoms with Crippen molar-refractivity contribution < 1.29 is 0 Å². The van der Waals surface area contributed by atoms with Crippen LogP contribution in [0.25, 0.3) is 0 Å². The van der Waals surface area contributed by atoms with Gasteiger partial charge in [-0.05, 0) is 60.1 Å². The van der Waals surface area contributed by atoms with Crippen molar-refractivity contribution >= 4 is 29.1 Å². The summed E-state index contributed by atoms with van der Waals surface area (Å²) in [5.41, 5.74) is 18.0. The van der Waals surface area contributed by atoms with Crippen molar-refractivity contribution in [2.24, 2.45) is 10.7 Å². The van der Waals surface area contributed by atoms with E-state index in [-0.39, 0.29) is 0 Å². The minimum Gasteiger partial charge on any atom is -0.399 e. The maximum atomic E-state index is 5.95. The molecule has 1 heterocycles. The van der Waals surface area contributed by atoms with Crippen LogP contribution < -0.4 is 16.8 Å². The standard InChI is InChI=1S/C17H18N4/c18-9-20-11-2-4-15-13-6-5-12(13)14-3-1-10(19)7-16(14)21-17(15)8-11/h1-4,7-9,12-13,21H,5-6,19H2,(H2,18,20)/t12-,13?/m0/s1.